The van der Waals surface area contributed by atoms with E-state index in [1.807, 2.05) is 10.7 Å². The van der Waals surface area contributed by atoms with Gasteiger partial charge in [-0.3, -0.25) is 9.58 Å². The topological polar surface area (TPSA) is 71.3 Å². The molecule has 180 valence electrons. The molecule has 3 aliphatic rings. The van der Waals surface area contributed by atoms with Crippen molar-refractivity contribution in [2.45, 2.75) is 38.3 Å². The molecule has 0 bridgehead atoms. The molecule has 4 heterocycles. The lowest BCUT2D eigenvalue weighted by Gasteiger charge is -2.50. The largest absolute Gasteiger partial charge is 0.377 e. The van der Waals surface area contributed by atoms with Gasteiger partial charge in [0.05, 0.1) is 46.9 Å². The monoisotopic (exact) mass is 501 g/mol. The molecule has 10 heteroatoms. The Morgan fingerprint density at radius 1 is 1.12 bits per heavy atom. The van der Waals surface area contributed by atoms with Crippen LogP contribution in [0.4, 0.5) is 17.3 Å². The van der Waals surface area contributed by atoms with Gasteiger partial charge in [0.1, 0.15) is 0 Å². The van der Waals surface area contributed by atoms with Crippen molar-refractivity contribution in [1.29, 1.82) is 0 Å². The predicted octanol–water partition coefficient (Wildman–Crippen LogP) is 4.59. The van der Waals surface area contributed by atoms with Gasteiger partial charge in [-0.2, -0.15) is 5.10 Å². The third-order valence-electron chi connectivity index (χ3n) is 7.54. The number of fused-ring (bicyclic) bond motifs is 1. The highest BCUT2D eigenvalue weighted by atomic mass is 35.5. The molecule has 3 fully saturated rings. The van der Waals surface area contributed by atoms with E-state index in [1.54, 1.807) is 12.4 Å². The molecule has 8 nitrogen and oxygen atoms in total. The van der Waals surface area contributed by atoms with Gasteiger partial charge < -0.3 is 15.0 Å². The molecule has 2 saturated heterocycles. The molecule has 2 aromatic heterocycles. The zero-order chi connectivity index (χ0) is 23.3. The summed E-state index contributed by atoms with van der Waals surface area (Å²) in [6.45, 7) is 8.62. The maximum absolute atomic E-state index is 6.68. The molecule has 1 aromatic carbocycles. The van der Waals surface area contributed by atoms with E-state index < -0.39 is 0 Å². The Labute approximate surface area is 209 Å². The normalized spacial score (nSPS) is 20.9. The van der Waals surface area contributed by atoms with Crippen LogP contribution in [-0.4, -0.2) is 69.6 Å². The predicted molar refractivity (Wildman–Crippen MR) is 135 cm³/mol. The van der Waals surface area contributed by atoms with Gasteiger partial charge in [0, 0.05) is 44.3 Å². The Morgan fingerprint density at radius 2 is 1.91 bits per heavy atom. The Bertz CT molecular complexity index is 1200. The van der Waals surface area contributed by atoms with E-state index >= 15 is 0 Å². The Hall–Kier alpha value is -2.13. The average Bonchev–Trinajstić information content (AvgIpc) is 3.13. The molecule has 34 heavy (non-hydrogen) atoms. The Balaban J connectivity index is 1.19. The van der Waals surface area contributed by atoms with Crippen LogP contribution in [0, 0.1) is 5.92 Å². The van der Waals surface area contributed by atoms with E-state index in [2.05, 4.69) is 38.2 Å². The van der Waals surface area contributed by atoms with Crippen LogP contribution in [0.1, 0.15) is 26.2 Å². The number of halogens is 2. The highest BCUT2D eigenvalue weighted by molar-refractivity contribution is 6.34. The molecule has 0 unspecified atom stereocenters. The number of nitrogens with one attached hydrogen (secondary N) is 1. The van der Waals surface area contributed by atoms with Crippen molar-refractivity contribution < 1.29 is 4.74 Å². The second-order valence-corrected chi connectivity index (χ2v) is 10.7. The summed E-state index contributed by atoms with van der Waals surface area (Å²) in [5.74, 6) is 1.17. The third kappa shape index (κ3) is 4.11. The molecular formula is C24H29Cl2N7O. The number of ether oxygens (including phenoxy) is 1. The van der Waals surface area contributed by atoms with Crippen LogP contribution in [-0.2, 0) is 11.3 Å². The molecule has 1 saturated carbocycles. The summed E-state index contributed by atoms with van der Waals surface area (Å²) in [5, 5.41) is 9.91. The van der Waals surface area contributed by atoms with Gasteiger partial charge >= 0.3 is 0 Å². The molecule has 0 atom stereocenters. The maximum atomic E-state index is 6.68. The van der Waals surface area contributed by atoms with E-state index in [9.17, 15) is 0 Å². The van der Waals surface area contributed by atoms with Crippen molar-refractivity contribution in [2.75, 3.05) is 49.6 Å². The van der Waals surface area contributed by atoms with Gasteiger partial charge in [-0.15, -0.1) is 0 Å². The highest BCUT2D eigenvalue weighted by Gasteiger charge is 2.40. The van der Waals surface area contributed by atoms with Crippen LogP contribution in [0.25, 0.3) is 10.9 Å². The molecule has 6 rings (SSSR count). The lowest BCUT2D eigenvalue weighted by molar-refractivity contribution is -0.131. The summed E-state index contributed by atoms with van der Waals surface area (Å²) in [6, 6.07) is 4.02. The SMILES string of the molecule is CC1(N2CCN(c3cc4nc(Nc5cnn(CC6CCC6)c5Cl)ncc4cc3Cl)CC2)COC1. The molecule has 1 aliphatic carbocycles. The minimum Gasteiger partial charge on any atom is -0.377 e. The lowest BCUT2D eigenvalue weighted by atomic mass is 9.85. The summed E-state index contributed by atoms with van der Waals surface area (Å²) >= 11 is 13.2. The Morgan fingerprint density at radius 3 is 2.59 bits per heavy atom. The van der Waals surface area contributed by atoms with Crippen LogP contribution in [0.3, 0.4) is 0 Å². The van der Waals surface area contributed by atoms with Gasteiger partial charge in [0.15, 0.2) is 5.15 Å². The zero-order valence-corrected chi connectivity index (χ0v) is 20.8. The molecule has 0 spiro atoms. The number of anilines is 3. The van der Waals surface area contributed by atoms with Crippen molar-refractivity contribution in [3.63, 3.8) is 0 Å². The molecule has 0 radical (unpaired) electrons. The number of rotatable bonds is 6. The Kier molecular flexibility index (Phi) is 5.80. The first-order valence-corrected chi connectivity index (χ1v) is 12.8. The van der Waals surface area contributed by atoms with Crippen LogP contribution in [0.2, 0.25) is 10.2 Å². The summed E-state index contributed by atoms with van der Waals surface area (Å²) < 4.78 is 7.31. The summed E-state index contributed by atoms with van der Waals surface area (Å²) in [6.07, 6.45) is 7.34. The van der Waals surface area contributed by atoms with E-state index in [0.29, 0.717) is 17.0 Å². The van der Waals surface area contributed by atoms with Gasteiger partial charge in [-0.1, -0.05) is 29.6 Å². The van der Waals surface area contributed by atoms with Crippen LogP contribution >= 0.6 is 23.2 Å². The van der Waals surface area contributed by atoms with Gasteiger partial charge in [-0.05, 0) is 37.8 Å². The summed E-state index contributed by atoms with van der Waals surface area (Å²) in [7, 11) is 0. The van der Waals surface area contributed by atoms with Crippen molar-refractivity contribution in [3.8, 4) is 0 Å². The standard InChI is InChI=1S/C24H29Cl2N7O/c1-24(14-34-15-24)32-7-5-31(6-8-32)21-10-19-17(9-18(21)25)11-27-23(29-19)30-20-12-28-33(22(20)26)13-16-3-2-4-16/h9-12,16H,2-8,13-15H2,1H3,(H,27,29,30). The fourth-order valence-electron chi connectivity index (χ4n) is 5.03. The number of hydrogen-bond acceptors (Lipinski definition) is 7. The quantitative estimate of drug-likeness (QED) is 0.529. The summed E-state index contributed by atoms with van der Waals surface area (Å²) in [5.41, 5.74) is 2.76. The van der Waals surface area contributed by atoms with Crippen molar-refractivity contribution in [1.82, 2.24) is 24.6 Å². The first-order valence-electron chi connectivity index (χ1n) is 12.0. The minimum absolute atomic E-state index is 0.181. The highest BCUT2D eigenvalue weighted by Crippen LogP contribution is 2.34. The molecule has 0 amide bonds. The first-order chi connectivity index (χ1) is 16.5. The van der Waals surface area contributed by atoms with Crippen LogP contribution < -0.4 is 10.2 Å². The summed E-state index contributed by atoms with van der Waals surface area (Å²) in [4.78, 5) is 14.1. The van der Waals surface area contributed by atoms with Crippen molar-refractivity contribution in [3.05, 3.63) is 34.7 Å². The molecule has 1 N–H and O–H groups in total. The van der Waals surface area contributed by atoms with E-state index in [1.165, 1.54) is 19.3 Å². The first kappa shape index (κ1) is 22.3. The number of nitrogens with zero attached hydrogens (tertiary/aromatic N) is 6. The second kappa shape index (κ2) is 8.82. The van der Waals surface area contributed by atoms with E-state index in [0.717, 1.165) is 73.2 Å². The van der Waals surface area contributed by atoms with Crippen molar-refractivity contribution >= 4 is 51.4 Å². The number of aromatic nitrogens is 4. The van der Waals surface area contributed by atoms with Gasteiger partial charge in [0.25, 0.3) is 0 Å². The molecule has 3 aromatic rings. The fourth-order valence-corrected chi connectivity index (χ4v) is 5.53. The third-order valence-corrected chi connectivity index (χ3v) is 8.24. The minimum atomic E-state index is 0.181. The lowest BCUT2D eigenvalue weighted by Crippen LogP contribution is -2.64. The second-order valence-electron chi connectivity index (χ2n) is 9.97. The van der Waals surface area contributed by atoms with Gasteiger partial charge in [-0.25, -0.2) is 9.97 Å². The van der Waals surface area contributed by atoms with Crippen LogP contribution in [0.5, 0.6) is 0 Å². The van der Waals surface area contributed by atoms with E-state index in [4.69, 9.17) is 32.9 Å². The van der Waals surface area contributed by atoms with E-state index in [-0.39, 0.29) is 5.54 Å². The molecular weight excluding hydrogens is 473 g/mol. The number of piperazine rings is 1. The zero-order valence-electron chi connectivity index (χ0n) is 19.3. The number of hydrogen-bond donors (Lipinski definition) is 1. The fraction of sp³-hybridized carbons (Fsp3) is 0.542. The van der Waals surface area contributed by atoms with Gasteiger partial charge in [0.2, 0.25) is 5.95 Å². The molecule has 2 aliphatic heterocycles. The van der Waals surface area contributed by atoms with Crippen molar-refractivity contribution in [2.24, 2.45) is 5.92 Å². The number of benzene rings is 1. The van der Waals surface area contributed by atoms with Crippen LogP contribution in [0.15, 0.2) is 24.5 Å². The average molecular weight is 502 g/mol. The maximum Gasteiger partial charge on any atom is 0.227 e. The smallest absolute Gasteiger partial charge is 0.227 e.